The summed E-state index contributed by atoms with van der Waals surface area (Å²) in [6.45, 7) is 0. The van der Waals surface area contributed by atoms with Crippen molar-refractivity contribution >= 4 is 17.7 Å². The molecule has 0 aromatic heterocycles. The normalized spacial score (nSPS) is 36.4. The van der Waals surface area contributed by atoms with E-state index in [0.717, 1.165) is 5.75 Å². The van der Waals surface area contributed by atoms with E-state index in [0.29, 0.717) is 12.8 Å². The van der Waals surface area contributed by atoms with Gasteiger partial charge in [-0.25, -0.2) is 8.78 Å². The third kappa shape index (κ3) is 1.62. The minimum Gasteiger partial charge on any atom is -0.481 e. The molecule has 1 heterocycles. The van der Waals surface area contributed by atoms with Crippen molar-refractivity contribution in [3.05, 3.63) is 0 Å². The molecule has 1 unspecified atom stereocenters. The Balaban J connectivity index is 2.24. The summed E-state index contributed by atoms with van der Waals surface area (Å²) in [4.78, 5) is 11.2. The van der Waals surface area contributed by atoms with E-state index >= 15 is 0 Å². The second-order valence-electron chi connectivity index (χ2n) is 4.78. The maximum atomic E-state index is 12.9. The van der Waals surface area contributed by atoms with Crippen LogP contribution in [0.5, 0.6) is 0 Å². The van der Waals surface area contributed by atoms with E-state index in [-0.39, 0.29) is 5.75 Å². The first-order valence-corrected chi connectivity index (χ1v) is 6.38. The van der Waals surface area contributed by atoms with Crippen molar-refractivity contribution < 1.29 is 23.8 Å². The van der Waals surface area contributed by atoms with Crippen LogP contribution in [0.4, 0.5) is 8.78 Å². The van der Waals surface area contributed by atoms with Crippen LogP contribution in [0.1, 0.15) is 25.7 Å². The number of carbonyl (C=O) groups is 1. The first-order chi connectivity index (χ1) is 7.31. The monoisotopic (exact) mass is 252 g/mol. The van der Waals surface area contributed by atoms with E-state index < -0.39 is 35.7 Å². The molecule has 6 heteroatoms. The molecule has 2 N–H and O–H groups in total. The topological polar surface area (TPSA) is 57.5 Å². The molecule has 92 valence electrons. The fourth-order valence-electron chi connectivity index (χ4n) is 2.67. The molecule has 1 saturated heterocycles. The molecule has 1 atom stereocenters. The molecule has 2 rings (SSSR count). The molecule has 16 heavy (non-hydrogen) atoms. The predicted molar refractivity (Wildman–Crippen MR) is 55.8 cm³/mol. The summed E-state index contributed by atoms with van der Waals surface area (Å²) in [5.41, 5.74) is -3.10. The minimum atomic E-state index is -2.93. The minimum absolute atomic E-state index is 0.245. The van der Waals surface area contributed by atoms with Crippen molar-refractivity contribution in [2.24, 2.45) is 5.41 Å². The summed E-state index contributed by atoms with van der Waals surface area (Å²) >= 11 is 1.44. The largest absolute Gasteiger partial charge is 0.481 e. The van der Waals surface area contributed by atoms with E-state index in [9.17, 15) is 18.7 Å². The number of aliphatic carboxylic acids is 1. The van der Waals surface area contributed by atoms with Gasteiger partial charge in [-0.2, -0.15) is 11.8 Å². The Bertz CT molecular complexity index is 305. The van der Waals surface area contributed by atoms with Crippen molar-refractivity contribution in [1.29, 1.82) is 0 Å². The molecule has 0 aromatic rings. The number of carboxylic acid groups (broad SMARTS) is 1. The lowest BCUT2D eigenvalue weighted by Gasteiger charge is -2.54. The van der Waals surface area contributed by atoms with Crippen LogP contribution < -0.4 is 0 Å². The summed E-state index contributed by atoms with van der Waals surface area (Å²) < 4.78 is 25.9. The van der Waals surface area contributed by atoms with Gasteiger partial charge in [0.25, 0.3) is 5.92 Å². The van der Waals surface area contributed by atoms with Gasteiger partial charge in [-0.3, -0.25) is 4.79 Å². The van der Waals surface area contributed by atoms with Crippen LogP contribution >= 0.6 is 11.8 Å². The van der Waals surface area contributed by atoms with Crippen LogP contribution in [-0.4, -0.2) is 39.2 Å². The molecule has 0 amide bonds. The van der Waals surface area contributed by atoms with Gasteiger partial charge in [0.2, 0.25) is 0 Å². The summed E-state index contributed by atoms with van der Waals surface area (Å²) in [6.07, 6.45) is -0.469. The third-order valence-electron chi connectivity index (χ3n) is 3.64. The SMILES string of the molecule is O=C(O)C1(C2(O)CCCSC2)CC(F)(F)C1. The molecule has 2 aliphatic rings. The molecule has 0 radical (unpaired) electrons. The number of rotatable bonds is 2. The van der Waals surface area contributed by atoms with E-state index in [1.165, 1.54) is 11.8 Å². The zero-order valence-corrected chi connectivity index (χ0v) is 9.53. The molecule has 0 aromatic carbocycles. The highest BCUT2D eigenvalue weighted by Gasteiger charge is 2.70. The summed E-state index contributed by atoms with van der Waals surface area (Å²) in [6, 6.07) is 0. The van der Waals surface area contributed by atoms with Crippen LogP contribution in [0.2, 0.25) is 0 Å². The van der Waals surface area contributed by atoms with Gasteiger partial charge in [-0.15, -0.1) is 0 Å². The van der Waals surface area contributed by atoms with E-state index in [1.54, 1.807) is 0 Å². The zero-order chi connectivity index (χ0) is 12.0. The van der Waals surface area contributed by atoms with Crippen LogP contribution in [-0.2, 0) is 4.79 Å². The summed E-state index contributed by atoms with van der Waals surface area (Å²) in [5.74, 6) is -3.12. The van der Waals surface area contributed by atoms with Crippen molar-refractivity contribution in [1.82, 2.24) is 0 Å². The van der Waals surface area contributed by atoms with Gasteiger partial charge in [0.05, 0.1) is 5.60 Å². The summed E-state index contributed by atoms with van der Waals surface area (Å²) in [7, 11) is 0. The van der Waals surface area contributed by atoms with Gasteiger partial charge in [-0.05, 0) is 18.6 Å². The van der Waals surface area contributed by atoms with Crippen molar-refractivity contribution in [2.45, 2.75) is 37.2 Å². The number of carboxylic acids is 1. The lowest BCUT2D eigenvalue weighted by atomic mass is 9.56. The fourth-order valence-corrected chi connectivity index (χ4v) is 3.92. The molecule has 1 aliphatic heterocycles. The Kier molecular flexibility index (Phi) is 2.70. The Morgan fingerprint density at radius 3 is 2.31 bits per heavy atom. The van der Waals surface area contributed by atoms with E-state index in [2.05, 4.69) is 0 Å². The highest BCUT2D eigenvalue weighted by atomic mass is 32.2. The Hall–Kier alpha value is -0.360. The Labute approximate surface area is 96.2 Å². The number of hydrogen-bond acceptors (Lipinski definition) is 3. The molecule has 0 spiro atoms. The quantitative estimate of drug-likeness (QED) is 0.786. The van der Waals surface area contributed by atoms with Crippen LogP contribution in [0.3, 0.4) is 0 Å². The molecular weight excluding hydrogens is 238 g/mol. The van der Waals surface area contributed by atoms with Gasteiger partial charge in [-0.1, -0.05) is 0 Å². The third-order valence-corrected chi connectivity index (χ3v) is 4.90. The number of halogens is 2. The first kappa shape index (κ1) is 12.1. The maximum Gasteiger partial charge on any atom is 0.313 e. The number of hydrogen-bond donors (Lipinski definition) is 2. The van der Waals surface area contributed by atoms with Crippen LogP contribution in [0.15, 0.2) is 0 Å². The van der Waals surface area contributed by atoms with Gasteiger partial charge >= 0.3 is 5.97 Å². The van der Waals surface area contributed by atoms with Gasteiger partial charge in [0, 0.05) is 18.6 Å². The summed E-state index contributed by atoms with van der Waals surface area (Å²) in [5, 5.41) is 19.4. The lowest BCUT2D eigenvalue weighted by molar-refractivity contribution is -0.240. The van der Waals surface area contributed by atoms with Gasteiger partial charge in [0.1, 0.15) is 5.41 Å². The van der Waals surface area contributed by atoms with Crippen LogP contribution in [0, 0.1) is 5.41 Å². The molecule has 1 saturated carbocycles. The number of alkyl halides is 2. The van der Waals surface area contributed by atoms with Gasteiger partial charge in [0.15, 0.2) is 0 Å². The molecule has 2 fully saturated rings. The van der Waals surface area contributed by atoms with E-state index in [4.69, 9.17) is 5.11 Å². The smallest absolute Gasteiger partial charge is 0.313 e. The molecule has 0 bridgehead atoms. The number of thioether (sulfide) groups is 1. The molecule has 1 aliphatic carbocycles. The molecule has 3 nitrogen and oxygen atoms in total. The number of aliphatic hydroxyl groups is 1. The van der Waals surface area contributed by atoms with Crippen molar-refractivity contribution in [3.63, 3.8) is 0 Å². The second kappa shape index (κ2) is 3.57. The highest BCUT2D eigenvalue weighted by Crippen LogP contribution is 2.60. The predicted octanol–water partition coefficient (Wildman–Crippen LogP) is 1.74. The Morgan fingerprint density at radius 2 is 1.94 bits per heavy atom. The average molecular weight is 252 g/mol. The van der Waals surface area contributed by atoms with Crippen molar-refractivity contribution in [2.75, 3.05) is 11.5 Å². The van der Waals surface area contributed by atoms with Gasteiger partial charge < -0.3 is 10.2 Å². The maximum absolute atomic E-state index is 12.9. The standard InChI is InChI=1S/C10H14F2O3S/c11-10(12)4-8(5-10,7(13)14)9(15)2-1-3-16-6-9/h15H,1-6H2,(H,13,14). The highest BCUT2D eigenvalue weighted by molar-refractivity contribution is 7.99. The lowest BCUT2D eigenvalue weighted by Crippen LogP contribution is -2.65. The molecular formula is C10H14F2O3S. The van der Waals surface area contributed by atoms with Crippen LogP contribution in [0.25, 0.3) is 0 Å². The zero-order valence-electron chi connectivity index (χ0n) is 8.71. The average Bonchev–Trinajstić information content (AvgIpc) is 2.14. The van der Waals surface area contributed by atoms with E-state index in [1.807, 2.05) is 0 Å². The fraction of sp³-hybridized carbons (Fsp3) is 0.900. The van der Waals surface area contributed by atoms with Crippen molar-refractivity contribution in [3.8, 4) is 0 Å². The second-order valence-corrected chi connectivity index (χ2v) is 5.89. The first-order valence-electron chi connectivity index (χ1n) is 5.23. The Morgan fingerprint density at radius 1 is 1.31 bits per heavy atom.